The predicted molar refractivity (Wildman–Crippen MR) is 112 cm³/mol. The first-order valence-corrected chi connectivity index (χ1v) is 11.1. The first kappa shape index (κ1) is 20.6. The Kier molecular flexibility index (Phi) is 7.65. The average Bonchev–Trinajstić information content (AvgIpc) is 3.37. The molecule has 0 bridgehead atoms. The quantitative estimate of drug-likeness (QED) is 0.448. The Morgan fingerprint density at radius 2 is 1.96 bits per heavy atom. The lowest BCUT2D eigenvalue weighted by molar-refractivity contribution is -0.116. The number of amides is 1. The highest BCUT2D eigenvalue weighted by Gasteiger charge is 2.16. The fourth-order valence-electron chi connectivity index (χ4n) is 3.50. The van der Waals surface area contributed by atoms with Crippen LogP contribution in [0.5, 0.6) is 0 Å². The number of carbonyl (C=O) groups is 2. The smallest absolute Gasteiger partial charge is 0.224 e. The summed E-state index contributed by atoms with van der Waals surface area (Å²) in [6.07, 6.45) is 8.79. The van der Waals surface area contributed by atoms with Crippen molar-refractivity contribution in [2.45, 2.75) is 63.4 Å². The van der Waals surface area contributed by atoms with E-state index in [9.17, 15) is 9.59 Å². The van der Waals surface area contributed by atoms with Gasteiger partial charge < -0.3 is 5.32 Å². The molecule has 3 rings (SSSR count). The van der Waals surface area contributed by atoms with Gasteiger partial charge in [0.1, 0.15) is 5.82 Å². The van der Waals surface area contributed by atoms with Crippen LogP contribution in [0.25, 0.3) is 0 Å². The van der Waals surface area contributed by atoms with Crippen molar-refractivity contribution in [3.63, 3.8) is 0 Å². The number of aromatic nitrogens is 3. The summed E-state index contributed by atoms with van der Waals surface area (Å²) in [5.74, 6) is 2.05. The van der Waals surface area contributed by atoms with Crippen LogP contribution < -0.4 is 5.32 Å². The minimum Gasteiger partial charge on any atom is -0.326 e. The second-order valence-corrected chi connectivity index (χ2v) is 8.28. The highest BCUT2D eigenvalue weighted by Crippen LogP contribution is 2.28. The van der Waals surface area contributed by atoms with Gasteiger partial charge >= 0.3 is 0 Å². The van der Waals surface area contributed by atoms with Gasteiger partial charge in [-0.1, -0.05) is 44.4 Å². The van der Waals surface area contributed by atoms with Crippen LogP contribution in [0, 0.1) is 5.92 Å². The van der Waals surface area contributed by atoms with Crippen LogP contribution >= 0.6 is 11.8 Å². The average molecular weight is 401 g/mol. The van der Waals surface area contributed by atoms with Gasteiger partial charge in [0.05, 0.1) is 5.75 Å². The summed E-state index contributed by atoms with van der Waals surface area (Å²) in [7, 11) is 0. The molecule has 1 heterocycles. The maximum Gasteiger partial charge on any atom is 0.224 e. The van der Waals surface area contributed by atoms with Gasteiger partial charge in [-0.2, -0.15) is 0 Å². The second-order valence-electron chi connectivity index (χ2n) is 7.34. The number of carbonyl (C=O) groups excluding carboxylic acids is 2. The van der Waals surface area contributed by atoms with Crippen molar-refractivity contribution >= 4 is 29.1 Å². The summed E-state index contributed by atoms with van der Waals surface area (Å²) in [6.45, 7) is 1.96. The molecule has 1 saturated carbocycles. The number of nitrogens with one attached hydrogen (secondary N) is 2. The molecule has 28 heavy (non-hydrogen) atoms. The summed E-state index contributed by atoms with van der Waals surface area (Å²) < 4.78 is 0. The van der Waals surface area contributed by atoms with E-state index in [0.717, 1.165) is 24.6 Å². The van der Waals surface area contributed by atoms with Crippen LogP contribution in [0.15, 0.2) is 29.4 Å². The van der Waals surface area contributed by atoms with Gasteiger partial charge in [0, 0.05) is 24.1 Å². The lowest BCUT2D eigenvalue weighted by Crippen LogP contribution is -2.10. The van der Waals surface area contributed by atoms with Crippen LogP contribution in [0.1, 0.15) is 68.1 Å². The molecule has 0 unspecified atom stereocenters. The van der Waals surface area contributed by atoms with Crippen LogP contribution in [0.2, 0.25) is 0 Å². The number of Topliss-reactive ketones (excluding diaryl/α,β-unsaturated/α-hetero) is 1. The van der Waals surface area contributed by atoms with E-state index in [2.05, 4.69) is 20.5 Å². The zero-order chi connectivity index (χ0) is 19.8. The van der Waals surface area contributed by atoms with E-state index in [1.54, 1.807) is 24.3 Å². The fraction of sp³-hybridized carbons (Fsp3) is 0.524. The highest BCUT2D eigenvalue weighted by molar-refractivity contribution is 7.99. The molecule has 1 aliphatic carbocycles. The molecule has 0 saturated heterocycles. The SMILES string of the molecule is CCCC(=O)Nc1ccc(C(=O)CSc2n[nH]c(CCC3CCCC3)n2)cc1. The molecule has 2 N–H and O–H groups in total. The number of aromatic amines is 1. The number of thioether (sulfide) groups is 1. The van der Waals surface area contributed by atoms with E-state index in [4.69, 9.17) is 0 Å². The Balaban J connectivity index is 1.44. The van der Waals surface area contributed by atoms with Crippen molar-refractivity contribution < 1.29 is 9.59 Å². The van der Waals surface area contributed by atoms with Crippen LogP contribution in [0.3, 0.4) is 0 Å². The molecule has 0 aliphatic heterocycles. The van der Waals surface area contributed by atoms with Gasteiger partial charge in [-0.05, 0) is 43.0 Å². The number of nitrogens with zero attached hydrogens (tertiary/aromatic N) is 2. The van der Waals surface area contributed by atoms with Gasteiger partial charge in [0.25, 0.3) is 0 Å². The van der Waals surface area contributed by atoms with E-state index in [1.807, 2.05) is 6.92 Å². The number of hydrogen-bond acceptors (Lipinski definition) is 5. The maximum absolute atomic E-state index is 12.4. The molecule has 6 nitrogen and oxygen atoms in total. The van der Waals surface area contributed by atoms with E-state index in [-0.39, 0.29) is 11.7 Å². The molecule has 1 fully saturated rings. The molecule has 0 radical (unpaired) electrons. The largest absolute Gasteiger partial charge is 0.326 e. The third kappa shape index (κ3) is 6.19. The molecule has 150 valence electrons. The van der Waals surface area contributed by atoms with Crippen LogP contribution in [0.4, 0.5) is 5.69 Å². The van der Waals surface area contributed by atoms with Crippen LogP contribution in [-0.2, 0) is 11.2 Å². The Hall–Kier alpha value is -2.15. The maximum atomic E-state index is 12.4. The molecular weight excluding hydrogens is 372 g/mol. The summed E-state index contributed by atoms with van der Waals surface area (Å²) in [4.78, 5) is 28.5. The molecule has 1 aromatic heterocycles. The number of ketones is 1. The zero-order valence-corrected chi connectivity index (χ0v) is 17.2. The molecule has 0 spiro atoms. The number of hydrogen-bond donors (Lipinski definition) is 2. The lowest BCUT2D eigenvalue weighted by atomic mass is 10.0. The highest BCUT2D eigenvalue weighted by atomic mass is 32.2. The van der Waals surface area contributed by atoms with E-state index < -0.39 is 0 Å². The minimum atomic E-state index is -0.00882. The molecule has 1 aliphatic rings. The third-order valence-electron chi connectivity index (χ3n) is 5.08. The Morgan fingerprint density at radius 3 is 2.68 bits per heavy atom. The minimum absolute atomic E-state index is 0.00882. The Labute approximate surface area is 170 Å². The lowest BCUT2D eigenvalue weighted by Gasteiger charge is -2.05. The van der Waals surface area contributed by atoms with Crippen LogP contribution in [-0.4, -0.2) is 32.6 Å². The first-order valence-electron chi connectivity index (χ1n) is 10.1. The van der Waals surface area contributed by atoms with Gasteiger partial charge in [-0.15, -0.1) is 5.10 Å². The van der Waals surface area contributed by atoms with Crippen molar-refractivity contribution in [3.05, 3.63) is 35.7 Å². The normalized spacial score (nSPS) is 14.3. The van der Waals surface area contributed by atoms with Crippen molar-refractivity contribution in [1.82, 2.24) is 15.2 Å². The topological polar surface area (TPSA) is 87.7 Å². The third-order valence-corrected chi connectivity index (χ3v) is 5.92. The van der Waals surface area contributed by atoms with E-state index in [0.29, 0.717) is 28.6 Å². The molecule has 2 aromatic rings. The van der Waals surface area contributed by atoms with Gasteiger partial charge in [0.15, 0.2) is 5.78 Å². The van der Waals surface area contributed by atoms with Gasteiger partial charge in [0.2, 0.25) is 11.1 Å². The summed E-state index contributed by atoms with van der Waals surface area (Å²) in [5, 5.41) is 10.7. The first-order chi connectivity index (χ1) is 13.6. The standard InChI is InChI=1S/C21H28N4O2S/c1-2-5-20(27)22-17-11-9-16(10-12-17)18(26)14-28-21-23-19(24-25-21)13-8-15-6-3-4-7-15/h9-12,15H,2-8,13-14H2,1H3,(H,22,27)(H,23,24,25). The van der Waals surface area contributed by atoms with Crippen molar-refractivity contribution in [2.24, 2.45) is 5.92 Å². The molecule has 7 heteroatoms. The van der Waals surface area contributed by atoms with Crippen molar-refractivity contribution in [2.75, 3.05) is 11.1 Å². The Morgan fingerprint density at radius 1 is 1.21 bits per heavy atom. The second kappa shape index (κ2) is 10.4. The van der Waals surface area contributed by atoms with Crippen molar-refractivity contribution in [3.8, 4) is 0 Å². The van der Waals surface area contributed by atoms with Gasteiger partial charge in [-0.25, -0.2) is 4.98 Å². The van der Waals surface area contributed by atoms with Gasteiger partial charge in [-0.3, -0.25) is 14.7 Å². The Bertz CT molecular complexity index is 782. The number of H-pyrrole nitrogens is 1. The number of anilines is 1. The van der Waals surface area contributed by atoms with E-state index in [1.165, 1.54) is 43.9 Å². The number of aryl methyl sites for hydroxylation is 1. The molecule has 1 aromatic carbocycles. The van der Waals surface area contributed by atoms with E-state index >= 15 is 0 Å². The zero-order valence-electron chi connectivity index (χ0n) is 16.4. The van der Waals surface area contributed by atoms with Crippen molar-refractivity contribution in [1.29, 1.82) is 0 Å². The number of benzene rings is 1. The molecular formula is C21H28N4O2S. The summed E-state index contributed by atoms with van der Waals surface area (Å²) in [6, 6.07) is 7.02. The number of rotatable bonds is 10. The monoisotopic (exact) mass is 400 g/mol. The molecule has 1 amide bonds. The fourth-order valence-corrected chi connectivity index (χ4v) is 4.21. The summed E-state index contributed by atoms with van der Waals surface area (Å²) >= 11 is 1.35. The summed E-state index contributed by atoms with van der Waals surface area (Å²) in [5.41, 5.74) is 1.33. The predicted octanol–water partition coefficient (Wildman–Crippen LogP) is 4.64. The molecule has 0 atom stereocenters.